The van der Waals surface area contributed by atoms with E-state index in [0.717, 1.165) is 17.1 Å². The molecule has 0 saturated carbocycles. The minimum atomic E-state index is -4.28. The van der Waals surface area contributed by atoms with E-state index in [1.54, 1.807) is 36.4 Å². The first-order chi connectivity index (χ1) is 17.8. The Balaban J connectivity index is 2.20. The first-order valence-electron chi connectivity index (χ1n) is 12.2. The highest BCUT2D eigenvalue weighted by Crippen LogP contribution is 2.40. The summed E-state index contributed by atoms with van der Waals surface area (Å²) in [6.07, 6.45) is 3.35. The molecule has 10 nitrogen and oxygen atoms in total. The van der Waals surface area contributed by atoms with Crippen molar-refractivity contribution < 1.29 is 28.1 Å². The largest absolute Gasteiger partial charge is 0.494 e. The lowest BCUT2D eigenvalue weighted by Crippen LogP contribution is -2.39. The van der Waals surface area contributed by atoms with Crippen LogP contribution in [0.25, 0.3) is 0 Å². The van der Waals surface area contributed by atoms with Crippen LogP contribution in [0, 0.1) is 6.92 Å². The number of aromatic nitrogens is 2. The molecule has 200 valence electrons. The number of sulfonamides is 1. The summed E-state index contributed by atoms with van der Waals surface area (Å²) in [7, 11) is -4.28. The number of aliphatic hydroxyl groups excluding tert-OH is 2. The molecule has 1 unspecified atom stereocenters. The third kappa shape index (κ3) is 7.09. The van der Waals surface area contributed by atoms with Crippen molar-refractivity contribution in [3.05, 3.63) is 60.4 Å². The Morgan fingerprint density at radius 2 is 1.89 bits per heavy atom. The molecule has 1 atom stereocenters. The minimum absolute atomic E-state index is 0.0489. The molecule has 0 aliphatic rings. The molecule has 0 spiro atoms. The van der Waals surface area contributed by atoms with Crippen molar-refractivity contribution >= 4 is 27.1 Å². The highest BCUT2D eigenvalue weighted by Gasteiger charge is 2.32. The molecule has 1 aromatic heterocycles. The maximum Gasteiger partial charge on any atom is 0.268 e. The van der Waals surface area contributed by atoms with Crippen LogP contribution in [0.2, 0.25) is 0 Å². The molecule has 3 aromatic rings. The van der Waals surface area contributed by atoms with E-state index in [9.17, 15) is 18.6 Å². The van der Waals surface area contributed by atoms with Gasteiger partial charge in [-0.3, -0.25) is 4.31 Å². The Morgan fingerprint density at radius 3 is 2.57 bits per heavy atom. The van der Waals surface area contributed by atoms with Crippen LogP contribution in [-0.2, 0) is 10.0 Å². The van der Waals surface area contributed by atoms with Crippen molar-refractivity contribution in [2.45, 2.75) is 44.6 Å². The SMILES string of the molecule is CCCCOc1ccccc1S(=O)(=O)N(CC(O)CO)c1cc(OCC)cc(C)c1Nc1ccnnc1. The van der Waals surface area contributed by atoms with Crippen molar-refractivity contribution in [3.8, 4) is 11.5 Å². The van der Waals surface area contributed by atoms with Crippen LogP contribution in [0.1, 0.15) is 32.3 Å². The number of benzene rings is 2. The third-order valence-electron chi connectivity index (χ3n) is 5.48. The van der Waals surface area contributed by atoms with Gasteiger partial charge in [-0.15, -0.1) is 0 Å². The minimum Gasteiger partial charge on any atom is -0.494 e. The molecule has 2 aromatic carbocycles. The molecule has 0 fully saturated rings. The molecule has 0 bridgehead atoms. The van der Waals surface area contributed by atoms with Crippen LogP contribution >= 0.6 is 0 Å². The van der Waals surface area contributed by atoms with Gasteiger partial charge in [0.25, 0.3) is 10.0 Å². The van der Waals surface area contributed by atoms with E-state index in [-0.39, 0.29) is 16.3 Å². The number of para-hydroxylation sites is 1. The van der Waals surface area contributed by atoms with Crippen LogP contribution in [0.5, 0.6) is 11.5 Å². The standard InChI is InChI=1S/C26H34N4O6S/c1-4-6-13-36-24-9-7-8-10-25(24)37(33,34)30(17-21(32)18-31)23-15-22(35-5-2)14-19(3)26(23)29-20-11-12-27-28-16-20/h7-12,14-16,21,31-32H,4-6,13,17-18H2,1-3H3,(H,27,29). The van der Waals surface area contributed by atoms with Gasteiger partial charge in [0.2, 0.25) is 0 Å². The smallest absolute Gasteiger partial charge is 0.268 e. The van der Waals surface area contributed by atoms with Gasteiger partial charge in [0, 0.05) is 6.07 Å². The summed E-state index contributed by atoms with van der Waals surface area (Å²) in [5.41, 5.74) is 1.99. The zero-order chi connectivity index (χ0) is 26.8. The van der Waals surface area contributed by atoms with Crippen LogP contribution < -0.4 is 19.1 Å². The molecule has 0 saturated heterocycles. The third-order valence-corrected chi connectivity index (χ3v) is 7.30. The molecule has 0 aliphatic heterocycles. The van der Waals surface area contributed by atoms with Gasteiger partial charge in [-0.2, -0.15) is 10.2 Å². The highest BCUT2D eigenvalue weighted by atomic mass is 32.2. The number of hydrogen-bond donors (Lipinski definition) is 3. The molecule has 0 amide bonds. The number of hydrogen-bond acceptors (Lipinski definition) is 9. The fourth-order valence-corrected chi connectivity index (χ4v) is 5.30. The van der Waals surface area contributed by atoms with Gasteiger partial charge >= 0.3 is 0 Å². The maximum absolute atomic E-state index is 14.2. The average Bonchev–Trinajstić information content (AvgIpc) is 2.89. The number of nitrogens with zero attached hydrogens (tertiary/aromatic N) is 3. The van der Waals surface area contributed by atoms with Gasteiger partial charge in [0.1, 0.15) is 16.4 Å². The first-order valence-corrected chi connectivity index (χ1v) is 13.6. The van der Waals surface area contributed by atoms with Crippen LogP contribution in [0.4, 0.5) is 17.1 Å². The van der Waals surface area contributed by atoms with Gasteiger partial charge in [-0.1, -0.05) is 25.5 Å². The van der Waals surface area contributed by atoms with Crippen molar-refractivity contribution in [2.24, 2.45) is 0 Å². The lowest BCUT2D eigenvalue weighted by Gasteiger charge is -2.30. The average molecular weight is 531 g/mol. The quantitative estimate of drug-likeness (QED) is 0.267. The fourth-order valence-electron chi connectivity index (χ4n) is 3.66. The maximum atomic E-state index is 14.2. The van der Waals surface area contributed by atoms with Crippen molar-refractivity contribution in [1.82, 2.24) is 10.2 Å². The summed E-state index contributed by atoms with van der Waals surface area (Å²) in [4.78, 5) is -0.0489. The Morgan fingerprint density at radius 1 is 1.11 bits per heavy atom. The van der Waals surface area contributed by atoms with E-state index in [0.29, 0.717) is 35.9 Å². The molecular formula is C26H34N4O6S. The molecule has 0 radical (unpaired) electrons. The normalized spacial score (nSPS) is 12.1. The van der Waals surface area contributed by atoms with E-state index in [1.165, 1.54) is 18.5 Å². The lowest BCUT2D eigenvalue weighted by atomic mass is 10.1. The second-order valence-electron chi connectivity index (χ2n) is 8.34. The second-order valence-corrected chi connectivity index (χ2v) is 10.2. The van der Waals surface area contributed by atoms with Gasteiger partial charge in [-0.25, -0.2) is 8.42 Å². The van der Waals surface area contributed by atoms with E-state index in [2.05, 4.69) is 15.5 Å². The summed E-state index contributed by atoms with van der Waals surface area (Å²) in [5.74, 6) is 0.671. The molecule has 37 heavy (non-hydrogen) atoms. The fraction of sp³-hybridized carbons (Fsp3) is 0.385. The van der Waals surface area contributed by atoms with Gasteiger partial charge in [0.05, 0.1) is 61.9 Å². The zero-order valence-corrected chi connectivity index (χ0v) is 22.1. The molecule has 11 heteroatoms. The predicted molar refractivity (Wildman–Crippen MR) is 142 cm³/mol. The number of rotatable bonds is 14. The van der Waals surface area contributed by atoms with Gasteiger partial charge in [0.15, 0.2) is 0 Å². The van der Waals surface area contributed by atoms with E-state index in [4.69, 9.17) is 9.47 Å². The Labute approximate surface area is 217 Å². The van der Waals surface area contributed by atoms with Gasteiger partial charge in [-0.05, 0) is 50.1 Å². The van der Waals surface area contributed by atoms with Crippen LogP contribution in [0.3, 0.4) is 0 Å². The summed E-state index contributed by atoms with van der Waals surface area (Å²) >= 11 is 0. The number of anilines is 3. The van der Waals surface area contributed by atoms with Crippen LogP contribution in [0.15, 0.2) is 59.8 Å². The second kappa shape index (κ2) is 13.2. The molecule has 1 heterocycles. The first kappa shape index (κ1) is 28.2. The summed E-state index contributed by atoms with van der Waals surface area (Å²) in [6, 6.07) is 11.5. The molecule has 3 N–H and O–H groups in total. The van der Waals surface area contributed by atoms with Crippen molar-refractivity contribution in [3.63, 3.8) is 0 Å². The van der Waals surface area contributed by atoms with Crippen LogP contribution in [-0.4, -0.2) is 61.3 Å². The van der Waals surface area contributed by atoms with E-state index < -0.39 is 29.3 Å². The topological polar surface area (TPSA) is 134 Å². The number of unbranched alkanes of at least 4 members (excludes halogenated alkanes) is 1. The number of aryl methyl sites for hydroxylation is 1. The van der Waals surface area contributed by atoms with Crippen molar-refractivity contribution in [2.75, 3.05) is 36.0 Å². The summed E-state index contributed by atoms with van der Waals surface area (Å²) in [5, 5.41) is 30.9. The lowest BCUT2D eigenvalue weighted by molar-refractivity contribution is 0.102. The predicted octanol–water partition coefficient (Wildman–Crippen LogP) is 3.65. The number of nitrogens with one attached hydrogen (secondary N) is 1. The van der Waals surface area contributed by atoms with Gasteiger partial charge < -0.3 is 25.0 Å². The Hall–Kier alpha value is -3.41. The van der Waals surface area contributed by atoms with Crippen molar-refractivity contribution in [1.29, 1.82) is 0 Å². The monoisotopic (exact) mass is 530 g/mol. The number of aliphatic hydroxyl groups is 2. The van der Waals surface area contributed by atoms with E-state index in [1.807, 2.05) is 20.8 Å². The zero-order valence-electron chi connectivity index (χ0n) is 21.3. The summed E-state index contributed by atoms with van der Waals surface area (Å²) < 4.78 is 41.0. The Bertz CT molecular complexity index is 1260. The molecule has 3 rings (SSSR count). The highest BCUT2D eigenvalue weighted by molar-refractivity contribution is 7.93. The molecule has 0 aliphatic carbocycles. The summed E-state index contributed by atoms with van der Waals surface area (Å²) in [6.45, 7) is 5.38. The number of ether oxygens (including phenoxy) is 2. The Kier molecular flexibility index (Phi) is 10.1. The molecular weight excluding hydrogens is 496 g/mol. The van der Waals surface area contributed by atoms with E-state index >= 15 is 0 Å².